The van der Waals surface area contributed by atoms with Gasteiger partial charge in [-0.05, 0) is 23.5 Å². The van der Waals surface area contributed by atoms with E-state index in [-0.39, 0.29) is 5.41 Å². The van der Waals surface area contributed by atoms with Gasteiger partial charge < -0.3 is 4.57 Å². The summed E-state index contributed by atoms with van der Waals surface area (Å²) < 4.78 is 2.56. The van der Waals surface area contributed by atoms with Crippen LogP contribution in [0.15, 0.2) is 48.5 Å². The van der Waals surface area contributed by atoms with E-state index in [1.165, 1.54) is 21.8 Å². The molecule has 0 saturated carbocycles. The van der Waals surface area contributed by atoms with Crippen LogP contribution in [0.3, 0.4) is 0 Å². The summed E-state index contributed by atoms with van der Waals surface area (Å²) in [6.07, 6.45) is 0. The molecule has 110 valence electrons. The Hall–Kier alpha value is -1.76. The first kappa shape index (κ1) is 14.2. The molecule has 0 radical (unpaired) electrons. The Morgan fingerprint density at radius 2 is 1.19 bits per heavy atom. The Labute approximate surface area is 127 Å². The fraction of sp³-hybridized carbons (Fsp3) is 0.400. The predicted octanol–water partition coefficient (Wildman–Crippen LogP) is 6.04. The Morgan fingerprint density at radius 3 is 1.57 bits per heavy atom. The molecule has 21 heavy (non-hydrogen) atoms. The third kappa shape index (κ3) is 2.25. The van der Waals surface area contributed by atoms with E-state index >= 15 is 0 Å². The Balaban J connectivity index is 2.43. The first-order chi connectivity index (χ1) is 9.91. The van der Waals surface area contributed by atoms with Gasteiger partial charge in [0.15, 0.2) is 0 Å². The average Bonchev–Trinajstić information content (AvgIpc) is 2.73. The molecule has 1 unspecified atom stereocenters. The van der Waals surface area contributed by atoms with Crippen LogP contribution < -0.4 is 0 Å². The number of nitrogens with zero attached hydrogens (tertiary/aromatic N) is 1. The van der Waals surface area contributed by atoms with Crippen LogP contribution in [-0.4, -0.2) is 4.57 Å². The lowest BCUT2D eigenvalue weighted by molar-refractivity contribution is 0.193. The monoisotopic (exact) mass is 279 g/mol. The second-order valence-corrected chi connectivity index (χ2v) is 7.46. The van der Waals surface area contributed by atoms with Crippen LogP contribution in [0.1, 0.15) is 40.7 Å². The number of para-hydroxylation sites is 2. The summed E-state index contributed by atoms with van der Waals surface area (Å²) in [6.45, 7) is 11.7. The topological polar surface area (TPSA) is 4.93 Å². The second-order valence-electron chi connectivity index (χ2n) is 7.46. The Kier molecular flexibility index (Phi) is 3.32. The standard InChI is InChI=1S/C20H25N/c1-14(2)19(20(3,4)5)21-17-12-8-6-10-15(17)16-11-7-9-13-18(16)21/h6-14,19H,1-5H3. The summed E-state index contributed by atoms with van der Waals surface area (Å²) >= 11 is 0. The zero-order chi connectivity index (χ0) is 15.2. The summed E-state index contributed by atoms with van der Waals surface area (Å²) in [5.74, 6) is 0.587. The zero-order valence-electron chi connectivity index (χ0n) is 13.7. The van der Waals surface area contributed by atoms with Gasteiger partial charge in [0.05, 0.1) is 0 Å². The third-order valence-electron chi connectivity index (χ3n) is 4.41. The van der Waals surface area contributed by atoms with Gasteiger partial charge in [0.1, 0.15) is 0 Å². The number of benzene rings is 2. The highest BCUT2D eigenvalue weighted by Crippen LogP contribution is 2.42. The number of hydrogen-bond acceptors (Lipinski definition) is 0. The maximum Gasteiger partial charge on any atom is 0.0494 e. The minimum Gasteiger partial charge on any atom is -0.337 e. The van der Waals surface area contributed by atoms with E-state index in [2.05, 4.69) is 87.7 Å². The van der Waals surface area contributed by atoms with Crippen LogP contribution >= 0.6 is 0 Å². The number of fused-ring (bicyclic) bond motifs is 3. The van der Waals surface area contributed by atoms with Gasteiger partial charge in [0.2, 0.25) is 0 Å². The van der Waals surface area contributed by atoms with Crippen LogP contribution in [0.25, 0.3) is 21.8 Å². The summed E-state index contributed by atoms with van der Waals surface area (Å²) in [5.41, 5.74) is 2.93. The number of aromatic nitrogens is 1. The lowest BCUT2D eigenvalue weighted by Gasteiger charge is -2.36. The van der Waals surface area contributed by atoms with Gasteiger partial charge in [-0.3, -0.25) is 0 Å². The van der Waals surface area contributed by atoms with E-state index in [9.17, 15) is 0 Å². The molecule has 2 aromatic carbocycles. The van der Waals surface area contributed by atoms with Crippen LogP contribution in [0, 0.1) is 11.3 Å². The van der Waals surface area contributed by atoms with Crippen LogP contribution in [0.5, 0.6) is 0 Å². The molecular formula is C20H25N. The highest BCUT2D eigenvalue weighted by atomic mass is 15.0. The van der Waals surface area contributed by atoms with Gasteiger partial charge in [-0.1, -0.05) is 71.0 Å². The molecule has 0 spiro atoms. The van der Waals surface area contributed by atoms with E-state index in [0.29, 0.717) is 12.0 Å². The normalized spacial score (nSPS) is 14.2. The molecule has 3 aromatic rings. The van der Waals surface area contributed by atoms with Crippen molar-refractivity contribution >= 4 is 21.8 Å². The molecule has 1 heterocycles. The molecule has 0 aliphatic rings. The quantitative estimate of drug-likeness (QED) is 0.539. The van der Waals surface area contributed by atoms with Crippen molar-refractivity contribution in [1.29, 1.82) is 0 Å². The van der Waals surface area contributed by atoms with Gasteiger partial charge >= 0.3 is 0 Å². The molecule has 0 fully saturated rings. The summed E-state index contributed by atoms with van der Waals surface area (Å²) in [7, 11) is 0. The van der Waals surface area contributed by atoms with Crippen molar-refractivity contribution in [3.8, 4) is 0 Å². The summed E-state index contributed by atoms with van der Waals surface area (Å²) in [4.78, 5) is 0. The van der Waals surface area contributed by atoms with Gasteiger partial charge in [-0.25, -0.2) is 0 Å². The van der Waals surface area contributed by atoms with Gasteiger partial charge in [-0.15, -0.1) is 0 Å². The lowest BCUT2D eigenvalue weighted by Crippen LogP contribution is -2.28. The Morgan fingerprint density at radius 1 is 0.762 bits per heavy atom. The molecule has 0 N–H and O–H groups in total. The van der Waals surface area contributed by atoms with Crippen LogP contribution in [-0.2, 0) is 0 Å². The van der Waals surface area contributed by atoms with Crippen LogP contribution in [0.4, 0.5) is 0 Å². The van der Waals surface area contributed by atoms with Crippen molar-refractivity contribution in [3.05, 3.63) is 48.5 Å². The van der Waals surface area contributed by atoms with E-state index in [4.69, 9.17) is 0 Å². The molecule has 3 rings (SSSR count). The molecule has 1 nitrogen and oxygen atoms in total. The highest BCUT2D eigenvalue weighted by molar-refractivity contribution is 6.08. The molecule has 0 aliphatic carbocycles. The fourth-order valence-corrected chi connectivity index (χ4v) is 3.94. The molecule has 0 bridgehead atoms. The highest BCUT2D eigenvalue weighted by Gasteiger charge is 2.31. The maximum absolute atomic E-state index is 2.56. The van der Waals surface area contributed by atoms with Crippen molar-refractivity contribution in [2.24, 2.45) is 11.3 Å². The van der Waals surface area contributed by atoms with E-state index in [0.717, 1.165) is 0 Å². The van der Waals surface area contributed by atoms with E-state index in [1.54, 1.807) is 0 Å². The second kappa shape index (κ2) is 4.91. The minimum absolute atomic E-state index is 0.221. The van der Waals surface area contributed by atoms with Gasteiger partial charge in [0, 0.05) is 27.8 Å². The largest absolute Gasteiger partial charge is 0.337 e. The van der Waals surface area contributed by atoms with Crippen molar-refractivity contribution < 1.29 is 0 Å². The van der Waals surface area contributed by atoms with Crippen LogP contribution in [0.2, 0.25) is 0 Å². The first-order valence-electron chi connectivity index (χ1n) is 7.89. The van der Waals surface area contributed by atoms with Crippen molar-refractivity contribution in [2.45, 2.75) is 40.7 Å². The molecule has 0 saturated heterocycles. The SMILES string of the molecule is CC(C)C(n1c2ccccc2c2ccccc21)C(C)(C)C. The van der Waals surface area contributed by atoms with E-state index in [1.807, 2.05) is 0 Å². The summed E-state index contributed by atoms with van der Waals surface area (Å²) in [5, 5.41) is 2.73. The van der Waals surface area contributed by atoms with Gasteiger partial charge in [0.25, 0.3) is 0 Å². The van der Waals surface area contributed by atoms with Crippen molar-refractivity contribution in [2.75, 3.05) is 0 Å². The minimum atomic E-state index is 0.221. The smallest absolute Gasteiger partial charge is 0.0494 e. The lowest BCUT2D eigenvalue weighted by atomic mass is 9.80. The average molecular weight is 279 g/mol. The molecule has 1 heteroatoms. The molecular weight excluding hydrogens is 254 g/mol. The molecule has 0 amide bonds. The number of hydrogen-bond donors (Lipinski definition) is 0. The maximum atomic E-state index is 2.56. The first-order valence-corrected chi connectivity index (χ1v) is 7.89. The van der Waals surface area contributed by atoms with E-state index < -0.39 is 0 Å². The summed E-state index contributed by atoms with van der Waals surface area (Å²) in [6, 6.07) is 18.1. The zero-order valence-corrected chi connectivity index (χ0v) is 13.7. The molecule has 1 atom stereocenters. The van der Waals surface area contributed by atoms with Crippen molar-refractivity contribution in [1.82, 2.24) is 4.57 Å². The third-order valence-corrected chi connectivity index (χ3v) is 4.41. The predicted molar refractivity (Wildman–Crippen MR) is 92.8 cm³/mol. The van der Waals surface area contributed by atoms with Crippen molar-refractivity contribution in [3.63, 3.8) is 0 Å². The molecule has 1 aromatic heterocycles. The van der Waals surface area contributed by atoms with Gasteiger partial charge in [-0.2, -0.15) is 0 Å². The number of rotatable bonds is 2. The molecule has 0 aliphatic heterocycles. The fourth-order valence-electron chi connectivity index (χ4n) is 3.94. The Bertz CT molecular complexity index is 718.